The summed E-state index contributed by atoms with van der Waals surface area (Å²) in [6.07, 6.45) is -2.32. The van der Waals surface area contributed by atoms with Gasteiger partial charge in [-0.15, -0.1) is 0 Å². The second kappa shape index (κ2) is 8.89. The number of ether oxygens (including phenoxy) is 1. The quantitative estimate of drug-likeness (QED) is 0.555. The molecule has 10 heteroatoms. The largest absolute Gasteiger partial charge is 0.491 e. The zero-order valence-electron chi connectivity index (χ0n) is 15.4. The van der Waals surface area contributed by atoms with Crippen LogP contribution in [-0.2, 0) is 6.42 Å². The van der Waals surface area contributed by atoms with Gasteiger partial charge in [0.15, 0.2) is 0 Å². The van der Waals surface area contributed by atoms with Gasteiger partial charge in [0.25, 0.3) is 12.3 Å². The molecule has 0 aliphatic rings. The normalized spacial score (nSPS) is 11.4. The van der Waals surface area contributed by atoms with Crippen molar-refractivity contribution in [1.82, 2.24) is 14.4 Å². The number of carbonyl (C=O) groups is 1. The number of amides is 1. The molecule has 3 rings (SSSR count). The van der Waals surface area contributed by atoms with E-state index in [0.717, 1.165) is 6.07 Å². The lowest BCUT2D eigenvalue weighted by atomic mass is 10.2. The molecule has 29 heavy (non-hydrogen) atoms. The number of pyridine rings is 2. The van der Waals surface area contributed by atoms with E-state index in [0.29, 0.717) is 23.7 Å². The highest BCUT2D eigenvalue weighted by atomic mass is 19.3. The number of hydrogen-bond acceptors (Lipinski definition) is 4. The Labute approximate surface area is 163 Å². The van der Waals surface area contributed by atoms with Gasteiger partial charge in [0.1, 0.15) is 28.5 Å². The lowest BCUT2D eigenvalue weighted by Gasteiger charge is -2.12. The predicted octanol–water partition coefficient (Wildman–Crippen LogP) is 4.52. The number of aryl methyl sites for hydroxylation is 1. The van der Waals surface area contributed by atoms with Crippen LogP contribution < -0.4 is 10.1 Å². The average Bonchev–Trinajstić information content (AvgIpc) is 3.08. The van der Waals surface area contributed by atoms with E-state index < -0.39 is 24.5 Å². The SMILES string of the molecule is CCOc1cc2nc(CCC(F)F)cn2cc1NC(=O)c1cccc(C(F)F)n1. The van der Waals surface area contributed by atoms with Crippen molar-refractivity contribution in [1.29, 1.82) is 0 Å². The summed E-state index contributed by atoms with van der Waals surface area (Å²) in [5.41, 5.74) is 0.535. The smallest absolute Gasteiger partial charge is 0.280 e. The van der Waals surface area contributed by atoms with E-state index in [9.17, 15) is 22.4 Å². The zero-order valence-corrected chi connectivity index (χ0v) is 15.4. The van der Waals surface area contributed by atoms with Gasteiger partial charge in [0.05, 0.1) is 12.3 Å². The fourth-order valence-corrected chi connectivity index (χ4v) is 2.70. The molecule has 3 aromatic heterocycles. The van der Waals surface area contributed by atoms with Gasteiger partial charge in [0.2, 0.25) is 6.43 Å². The number of alkyl halides is 4. The third-order valence-electron chi connectivity index (χ3n) is 4.00. The van der Waals surface area contributed by atoms with Crippen LogP contribution in [0.3, 0.4) is 0 Å². The number of anilines is 1. The first kappa shape index (κ1) is 20.6. The number of rotatable bonds is 8. The maximum Gasteiger partial charge on any atom is 0.280 e. The second-order valence-electron chi connectivity index (χ2n) is 6.11. The first-order valence-electron chi connectivity index (χ1n) is 8.86. The van der Waals surface area contributed by atoms with E-state index in [2.05, 4.69) is 15.3 Å². The molecule has 0 atom stereocenters. The number of nitrogens with one attached hydrogen (secondary N) is 1. The molecule has 0 saturated heterocycles. The van der Waals surface area contributed by atoms with Crippen LogP contribution in [0, 0.1) is 0 Å². The van der Waals surface area contributed by atoms with Gasteiger partial charge >= 0.3 is 0 Å². The highest BCUT2D eigenvalue weighted by molar-refractivity contribution is 6.03. The average molecular weight is 410 g/mol. The zero-order chi connectivity index (χ0) is 21.0. The Balaban J connectivity index is 1.89. The van der Waals surface area contributed by atoms with Crippen LogP contribution in [0.25, 0.3) is 5.65 Å². The fourth-order valence-electron chi connectivity index (χ4n) is 2.70. The van der Waals surface area contributed by atoms with Crippen LogP contribution in [0.5, 0.6) is 5.75 Å². The van der Waals surface area contributed by atoms with Crippen molar-refractivity contribution in [2.75, 3.05) is 11.9 Å². The molecular formula is C19H18F4N4O2. The van der Waals surface area contributed by atoms with Crippen LogP contribution in [0.1, 0.15) is 41.6 Å². The fraction of sp³-hybridized carbons (Fsp3) is 0.316. The van der Waals surface area contributed by atoms with Crippen molar-refractivity contribution in [3.05, 3.63) is 53.7 Å². The van der Waals surface area contributed by atoms with E-state index >= 15 is 0 Å². The van der Waals surface area contributed by atoms with Gasteiger partial charge in [0, 0.05) is 24.9 Å². The topological polar surface area (TPSA) is 68.5 Å². The Morgan fingerprint density at radius 1 is 1.21 bits per heavy atom. The van der Waals surface area contributed by atoms with Gasteiger partial charge in [-0.3, -0.25) is 4.79 Å². The van der Waals surface area contributed by atoms with Crippen molar-refractivity contribution in [3.63, 3.8) is 0 Å². The van der Waals surface area contributed by atoms with E-state index in [1.807, 2.05) is 0 Å². The van der Waals surface area contributed by atoms with Gasteiger partial charge < -0.3 is 14.5 Å². The van der Waals surface area contributed by atoms with E-state index in [1.165, 1.54) is 18.3 Å². The minimum absolute atomic E-state index is 0.106. The lowest BCUT2D eigenvalue weighted by molar-refractivity contribution is 0.101. The number of carbonyl (C=O) groups excluding carboxylic acids is 1. The predicted molar refractivity (Wildman–Crippen MR) is 97.8 cm³/mol. The van der Waals surface area contributed by atoms with Gasteiger partial charge in [-0.2, -0.15) is 0 Å². The number of fused-ring (bicyclic) bond motifs is 1. The first-order valence-corrected chi connectivity index (χ1v) is 8.86. The molecule has 0 spiro atoms. The minimum Gasteiger partial charge on any atom is -0.491 e. The molecule has 6 nitrogen and oxygen atoms in total. The first-order chi connectivity index (χ1) is 13.9. The van der Waals surface area contributed by atoms with Crippen molar-refractivity contribution >= 4 is 17.2 Å². The molecular weight excluding hydrogens is 392 g/mol. The molecule has 0 saturated carbocycles. The maximum atomic E-state index is 12.8. The Bertz CT molecular complexity index is 1010. The Morgan fingerprint density at radius 2 is 2.00 bits per heavy atom. The van der Waals surface area contributed by atoms with Crippen LogP contribution in [0.15, 0.2) is 36.7 Å². The van der Waals surface area contributed by atoms with E-state index in [1.54, 1.807) is 23.6 Å². The Hall–Kier alpha value is -3.17. The number of hydrogen-bond donors (Lipinski definition) is 1. The maximum absolute atomic E-state index is 12.8. The van der Waals surface area contributed by atoms with Gasteiger partial charge in [-0.1, -0.05) is 6.07 Å². The molecule has 0 aromatic carbocycles. The second-order valence-corrected chi connectivity index (χ2v) is 6.11. The summed E-state index contributed by atoms with van der Waals surface area (Å²) >= 11 is 0. The molecule has 3 heterocycles. The summed E-state index contributed by atoms with van der Waals surface area (Å²) < 4.78 is 57.6. The van der Waals surface area contributed by atoms with Crippen LogP contribution in [0.2, 0.25) is 0 Å². The summed E-state index contributed by atoms with van der Waals surface area (Å²) in [4.78, 5) is 20.4. The van der Waals surface area contributed by atoms with E-state index in [-0.39, 0.29) is 24.2 Å². The summed E-state index contributed by atoms with van der Waals surface area (Å²) in [5, 5.41) is 2.59. The molecule has 3 aromatic rings. The standard InChI is InChI=1S/C19H18F4N4O2/c1-2-29-15-8-17-24-11(6-7-16(20)21)9-27(17)10-14(15)26-19(28)13-5-3-4-12(25-13)18(22)23/h3-5,8-10,16,18H,2,6-7H2,1H3,(H,26,28). The molecule has 1 amide bonds. The van der Waals surface area contributed by atoms with Crippen LogP contribution >= 0.6 is 0 Å². The molecule has 154 valence electrons. The molecule has 0 bridgehead atoms. The Kier molecular flexibility index (Phi) is 6.30. The highest BCUT2D eigenvalue weighted by Gasteiger charge is 2.17. The summed E-state index contributed by atoms with van der Waals surface area (Å²) in [6, 6.07) is 5.33. The third-order valence-corrected chi connectivity index (χ3v) is 4.00. The van der Waals surface area contributed by atoms with Crippen molar-refractivity contribution < 1.29 is 27.1 Å². The van der Waals surface area contributed by atoms with Crippen LogP contribution in [0.4, 0.5) is 23.2 Å². The number of imidazole rings is 1. The van der Waals surface area contributed by atoms with E-state index in [4.69, 9.17) is 4.74 Å². The monoisotopic (exact) mass is 410 g/mol. The molecule has 1 N–H and O–H groups in total. The van der Waals surface area contributed by atoms with Crippen molar-refractivity contribution in [3.8, 4) is 5.75 Å². The summed E-state index contributed by atoms with van der Waals surface area (Å²) in [7, 11) is 0. The summed E-state index contributed by atoms with van der Waals surface area (Å²) in [6.45, 7) is 2.06. The van der Waals surface area contributed by atoms with Gasteiger partial charge in [-0.25, -0.2) is 27.5 Å². The van der Waals surface area contributed by atoms with Crippen LogP contribution in [-0.4, -0.2) is 33.3 Å². The lowest BCUT2D eigenvalue weighted by Crippen LogP contribution is -2.16. The van der Waals surface area contributed by atoms with Crippen molar-refractivity contribution in [2.45, 2.75) is 32.6 Å². The molecule has 0 radical (unpaired) electrons. The summed E-state index contributed by atoms with van der Waals surface area (Å²) in [5.74, 6) is -0.379. The third kappa shape index (κ3) is 5.01. The number of halogens is 4. The number of nitrogens with zero attached hydrogens (tertiary/aromatic N) is 3. The molecule has 0 unspecified atom stereocenters. The van der Waals surface area contributed by atoms with Crippen molar-refractivity contribution in [2.24, 2.45) is 0 Å². The number of aromatic nitrogens is 3. The highest BCUT2D eigenvalue weighted by Crippen LogP contribution is 2.27. The molecule has 0 fully saturated rings. The minimum atomic E-state index is -2.80. The molecule has 0 aliphatic heterocycles. The van der Waals surface area contributed by atoms with Gasteiger partial charge in [-0.05, 0) is 25.5 Å². The Morgan fingerprint density at radius 3 is 2.69 bits per heavy atom. The molecule has 0 aliphatic carbocycles.